The first-order valence-electron chi connectivity index (χ1n) is 11.0. The van der Waals surface area contributed by atoms with E-state index in [4.69, 9.17) is 14.2 Å². The number of carbonyl (C=O) groups is 1. The molecule has 6 heteroatoms. The van der Waals surface area contributed by atoms with Gasteiger partial charge in [-0.05, 0) is 53.4 Å². The van der Waals surface area contributed by atoms with Crippen molar-refractivity contribution in [1.82, 2.24) is 4.90 Å². The van der Waals surface area contributed by atoms with Gasteiger partial charge in [-0.3, -0.25) is 4.90 Å². The van der Waals surface area contributed by atoms with Crippen molar-refractivity contribution < 1.29 is 24.1 Å². The molecule has 0 aromatic heterocycles. The number of aliphatic hydroxyl groups excluding tert-OH is 1. The normalized spacial score (nSPS) is 36.7. The highest BCUT2D eigenvalue weighted by Crippen LogP contribution is 2.43. The predicted octanol–water partition coefficient (Wildman–Crippen LogP) is 4.44. The molecule has 2 saturated heterocycles. The molecule has 2 aliphatic heterocycles. The van der Waals surface area contributed by atoms with Gasteiger partial charge in [0.2, 0.25) is 0 Å². The third kappa shape index (κ3) is 4.82. The number of hydrogen-bond donors (Lipinski definition) is 1. The van der Waals surface area contributed by atoms with Crippen LogP contribution in [0.3, 0.4) is 0 Å². The van der Waals surface area contributed by atoms with E-state index in [1.807, 2.05) is 41.5 Å². The van der Waals surface area contributed by atoms with E-state index >= 15 is 0 Å². The molecule has 0 aromatic rings. The molecule has 3 rings (SSSR count). The molecule has 0 radical (unpaired) electrons. The van der Waals surface area contributed by atoms with Gasteiger partial charge in [-0.15, -0.1) is 0 Å². The van der Waals surface area contributed by atoms with Crippen LogP contribution < -0.4 is 0 Å². The molecule has 0 aromatic carbocycles. The molecule has 28 heavy (non-hydrogen) atoms. The predicted molar refractivity (Wildman–Crippen MR) is 107 cm³/mol. The SMILES string of the molecule is C[C@H]1C[C@@H]([C@@H]2OC(C)(C)N(C(=O)OC(C)(C)C)[C@H]2CC2CCCCC2)OC1O. The van der Waals surface area contributed by atoms with E-state index in [9.17, 15) is 9.90 Å². The van der Waals surface area contributed by atoms with Crippen molar-refractivity contribution in [3.8, 4) is 0 Å². The van der Waals surface area contributed by atoms with Gasteiger partial charge in [0.15, 0.2) is 6.29 Å². The standard InChI is InChI=1S/C22H39NO5/c1-14-12-17(26-19(14)24)18-16(13-15-10-8-7-9-11-15)23(22(5,6)27-18)20(25)28-21(2,3)4/h14-19,24H,7-13H2,1-6H3/t14-,16-,17-,18+,19?/m0/s1. The van der Waals surface area contributed by atoms with Crippen LogP contribution in [0.4, 0.5) is 4.79 Å². The summed E-state index contributed by atoms with van der Waals surface area (Å²) in [5.41, 5.74) is -1.33. The average Bonchev–Trinajstić information content (AvgIpc) is 3.03. The molecule has 162 valence electrons. The molecule has 0 spiro atoms. The van der Waals surface area contributed by atoms with Crippen molar-refractivity contribution in [1.29, 1.82) is 0 Å². The minimum atomic E-state index is -0.771. The number of carbonyl (C=O) groups excluding carboxylic acids is 1. The highest BCUT2D eigenvalue weighted by molar-refractivity contribution is 5.70. The molecule has 1 unspecified atom stereocenters. The summed E-state index contributed by atoms with van der Waals surface area (Å²) in [6.07, 6.45) is 6.33. The highest BCUT2D eigenvalue weighted by Gasteiger charge is 2.55. The summed E-state index contributed by atoms with van der Waals surface area (Å²) in [6, 6.07) is -0.101. The Kier molecular flexibility index (Phi) is 6.33. The minimum Gasteiger partial charge on any atom is -0.444 e. The quantitative estimate of drug-likeness (QED) is 0.762. The van der Waals surface area contributed by atoms with Gasteiger partial charge in [0.25, 0.3) is 0 Å². The van der Waals surface area contributed by atoms with E-state index in [2.05, 4.69) is 0 Å². The molecule has 5 atom stereocenters. The minimum absolute atomic E-state index is 0.0719. The Balaban J connectivity index is 1.85. The Morgan fingerprint density at radius 2 is 1.86 bits per heavy atom. The number of ether oxygens (including phenoxy) is 3. The van der Waals surface area contributed by atoms with Gasteiger partial charge in [0.1, 0.15) is 17.4 Å². The zero-order valence-corrected chi connectivity index (χ0v) is 18.4. The maximum atomic E-state index is 13.2. The molecular formula is C22H39NO5. The van der Waals surface area contributed by atoms with Crippen molar-refractivity contribution in [2.75, 3.05) is 0 Å². The summed E-state index contributed by atoms with van der Waals surface area (Å²) in [7, 11) is 0. The van der Waals surface area contributed by atoms with Crippen molar-refractivity contribution in [2.45, 2.75) is 122 Å². The maximum Gasteiger partial charge on any atom is 0.412 e. The Labute approximate surface area is 169 Å². The summed E-state index contributed by atoms with van der Waals surface area (Å²) in [6.45, 7) is 11.5. The lowest BCUT2D eigenvalue weighted by molar-refractivity contribution is -0.154. The van der Waals surface area contributed by atoms with Crippen LogP contribution in [0.5, 0.6) is 0 Å². The topological polar surface area (TPSA) is 68.2 Å². The number of nitrogens with zero attached hydrogens (tertiary/aromatic N) is 1. The highest BCUT2D eigenvalue weighted by atomic mass is 16.6. The van der Waals surface area contributed by atoms with Gasteiger partial charge < -0.3 is 19.3 Å². The molecule has 1 amide bonds. The first kappa shape index (κ1) is 21.8. The van der Waals surface area contributed by atoms with Crippen molar-refractivity contribution in [2.24, 2.45) is 11.8 Å². The van der Waals surface area contributed by atoms with Crippen molar-refractivity contribution in [3.05, 3.63) is 0 Å². The van der Waals surface area contributed by atoms with E-state index in [1.165, 1.54) is 32.1 Å². The third-order valence-corrected chi connectivity index (χ3v) is 6.38. The number of rotatable bonds is 3. The molecule has 1 aliphatic carbocycles. The van der Waals surface area contributed by atoms with Gasteiger partial charge in [-0.2, -0.15) is 0 Å². The Morgan fingerprint density at radius 3 is 2.39 bits per heavy atom. The Morgan fingerprint density at radius 1 is 1.21 bits per heavy atom. The molecule has 1 saturated carbocycles. The second-order valence-corrected chi connectivity index (χ2v) is 10.5. The number of aliphatic hydroxyl groups is 1. The number of amides is 1. The van der Waals surface area contributed by atoms with Crippen LogP contribution in [0.25, 0.3) is 0 Å². The lowest BCUT2D eigenvalue weighted by Gasteiger charge is -2.37. The van der Waals surface area contributed by atoms with Gasteiger partial charge in [-0.1, -0.05) is 39.0 Å². The zero-order chi connectivity index (χ0) is 20.7. The molecular weight excluding hydrogens is 358 g/mol. The van der Waals surface area contributed by atoms with Gasteiger partial charge in [0, 0.05) is 5.92 Å². The van der Waals surface area contributed by atoms with Crippen LogP contribution in [0.2, 0.25) is 0 Å². The van der Waals surface area contributed by atoms with Gasteiger partial charge in [0.05, 0.1) is 12.1 Å². The molecule has 1 N–H and O–H groups in total. The Hall–Kier alpha value is -0.850. The van der Waals surface area contributed by atoms with Crippen LogP contribution in [-0.2, 0) is 14.2 Å². The van der Waals surface area contributed by atoms with Crippen LogP contribution >= 0.6 is 0 Å². The molecule has 3 fully saturated rings. The van der Waals surface area contributed by atoms with Crippen molar-refractivity contribution in [3.63, 3.8) is 0 Å². The molecule has 0 bridgehead atoms. The second kappa shape index (κ2) is 8.11. The molecule has 3 aliphatic rings. The lowest BCUT2D eigenvalue weighted by Crippen LogP contribution is -2.51. The van der Waals surface area contributed by atoms with E-state index in [0.29, 0.717) is 5.92 Å². The van der Waals surface area contributed by atoms with Gasteiger partial charge >= 0.3 is 6.09 Å². The van der Waals surface area contributed by atoms with E-state index in [1.54, 1.807) is 4.90 Å². The van der Waals surface area contributed by atoms with Crippen LogP contribution in [0.1, 0.15) is 86.5 Å². The van der Waals surface area contributed by atoms with Crippen LogP contribution in [0, 0.1) is 11.8 Å². The Bertz CT molecular complexity index is 542. The largest absolute Gasteiger partial charge is 0.444 e. The fraction of sp³-hybridized carbons (Fsp3) is 0.955. The first-order chi connectivity index (χ1) is 13.0. The smallest absolute Gasteiger partial charge is 0.412 e. The molecule has 6 nitrogen and oxygen atoms in total. The first-order valence-corrected chi connectivity index (χ1v) is 11.0. The monoisotopic (exact) mass is 397 g/mol. The van der Waals surface area contributed by atoms with E-state index in [-0.39, 0.29) is 30.3 Å². The maximum absolute atomic E-state index is 13.2. The average molecular weight is 398 g/mol. The fourth-order valence-electron chi connectivity index (χ4n) is 5.07. The van der Waals surface area contributed by atoms with Crippen molar-refractivity contribution >= 4 is 6.09 Å². The van der Waals surface area contributed by atoms with Crippen LogP contribution in [0.15, 0.2) is 0 Å². The zero-order valence-electron chi connectivity index (χ0n) is 18.4. The summed E-state index contributed by atoms with van der Waals surface area (Å²) in [5, 5.41) is 10.1. The fourth-order valence-corrected chi connectivity index (χ4v) is 5.07. The summed E-state index contributed by atoms with van der Waals surface area (Å²) in [4.78, 5) is 15.0. The third-order valence-electron chi connectivity index (χ3n) is 6.38. The summed E-state index contributed by atoms with van der Waals surface area (Å²) in [5.74, 6) is 0.662. The lowest BCUT2D eigenvalue weighted by atomic mass is 9.82. The second-order valence-electron chi connectivity index (χ2n) is 10.5. The summed E-state index contributed by atoms with van der Waals surface area (Å²) >= 11 is 0. The van der Waals surface area contributed by atoms with Gasteiger partial charge in [-0.25, -0.2) is 4.79 Å². The van der Waals surface area contributed by atoms with E-state index < -0.39 is 17.6 Å². The summed E-state index contributed by atoms with van der Waals surface area (Å²) < 4.78 is 18.0. The van der Waals surface area contributed by atoms with Crippen LogP contribution in [-0.4, -0.2) is 52.0 Å². The number of hydrogen-bond acceptors (Lipinski definition) is 5. The van der Waals surface area contributed by atoms with E-state index in [0.717, 1.165) is 12.8 Å². The molecule has 2 heterocycles.